The van der Waals surface area contributed by atoms with Gasteiger partial charge in [-0.2, -0.15) is 0 Å². The van der Waals surface area contributed by atoms with Gasteiger partial charge in [-0.15, -0.1) is 0 Å². The zero-order chi connectivity index (χ0) is 34.9. The van der Waals surface area contributed by atoms with Crippen molar-refractivity contribution in [2.24, 2.45) is 17.3 Å². The summed E-state index contributed by atoms with van der Waals surface area (Å²) in [5.41, 5.74) is 3.11. The fourth-order valence-corrected chi connectivity index (χ4v) is 7.88. The van der Waals surface area contributed by atoms with Gasteiger partial charge in [0.05, 0.1) is 18.3 Å². The number of rotatable bonds is 22. The van der Waals surface area contributed by atoms with Crippen molar-refractivity contribution in [1.82, 2.24) is 10.6 Å². The molecule has 6 atom stereocenters. The van der Waals surface area contributed by atoms with E-state index in [1.54, 1.807) is 7.11 Å². The molecule has 0 radical (unpaired) electrons. The van der Waals surface area contributed by atoms with Crippen LogP contribution in [0.3, 0.4) is 0 Å². The maximum atomic E-state index is 12.4. The number of carbonyl (C=O) groups excluding carboxylic acids is 1. The summed E-state index contributed by atoms with van der Waals surface area (Å²) in [6, 6.07) is 0.410. The summed E-state index contributed by atoms with van der Waals surface area (Å²) in [4.78, 5) is 12.0. The second-order valence-electron chi connectivity index (χ2n) is 13.8. The van der Waals surface area contributed by atoms with E-state index in [0.29, 0.717) is 76.3 Å². The van der Waals surface area contributed by atoms with Crippen LogP contribution in [0, 0.1) is 17.3 Å². The lowest BCUT2D eigenvalue weighted by atomic mass is 9.51. The van der Waals surface area contributed by atoms with Crippen LogP contribution in [0.15, 0.2) is 58.7 Å². The van der Waals surface area contributed by atoms with E-state index in [0.717, 1.165) is 55.4 Å². The molecular weight excluding hydrogens is 592 g/mol. The first kappa shape index (κ1) is 41.3. The minimum absolute atomic E-state index is 0.0268. The highest BCUT2D eigenvalue weighted by Crippen LogP contribution is 2.63. The van der Waals surface area contributed by atoms with E-state index in [2.05, 4.69) is 43.2 Å². The van der Waals surface area contributed by atoms with Crippen molar-refractivity contribution in [2.75, 3.05) is 53.7 Å². The smallest absolute Gasteiger partial charge is 0.145 e. The molecule has 0 aromatic carbocycles. The number of aliphatic hydroxyl groups is 3. The lowest BCUT2D eigenvalue weighted by Gasteiger charge is -2.57. The van der Waals surface area contributed by atoms with E-state index in [1.807, 2.05) is 33.0 Å². The molecule has 47 heavy (non-hydrogen) atoms. The average molecular weight is 659 g/mol. The SMILES string of the molecule is C=C(/C=C/C=C(/COCC)[C@@H]1CC[C@]2([C@@H]1O)[C@@H](CCCO)/C(=C(/C)C=O)CC[C@]2(O)CCNC)CC/C=C(\C)CN[C@H](C)CCOC. The quantitative estimate of drug-likeness (QED) is 0.0442. The molecule has 5 N–H and O–H groups in total. The summed E-state index contributed by atoms with van der Waals surface area (Å²) < 4.78 is 11.1. The summed E-state index contributed by atoms with van der Waals surface area (Å²) in [5.74, 6) is -0.392. The standard InChI is InChI=1S/C39H66N2O6/c1-8-47-28-33(15-10-13-29(2)12-9-14-30(3)26-41-32(5)19-25-46-7)35-18-21-39(37(35)44)36(16-11-24-42)34(31(4)27-43)17-20-38(39,45)22-23-40-6/h10,13-15,27,32,35-37,40-42,44-45H,2,8-9,11-12,16-26,28H2,1,3-7H3/b13-10+,30-14+,33-15-,34-31-/t32-,35+,36+,37-,38+,39-/m1/s1. The number of carbonyl (C=O) groups is 1. The van der Waals surface area contributed by atoms with Crippen LogP contribution in [0.4, 0.5) is 0 Å². The lowest BCUT2D eigenvalue weighted by Crippen LogP contribution is -2.61. The molecule has 2 aliphatic carbocycles. The molecule has 0 heterocycles. The second-order valence-corrected chi connectivity index (χ2v) is 13.8. The summed E-state index contributed by atoms with van der Waals surface area (Å²) >= 11 is 0. The third-order valence-corrected chi connectivity index (χ3v) is 10.7. The predicted molar refractivity (Wildman–Crippen MR) is 192 cm³/mol. The molecule has 8 nitrogen and oxygen atoms in total. The molecule has 0 bridgehead atoms. The molecule has 1 spiro atoms. The predicted octanol–water partition coefficient (Wildman–Crippen LogP) is 5.60. The molecule has 2 saturated carbocycles. The minimum Gasteiger partial charge on any atom is -0.396 e. The number of allylic oxidation sites excluding steroid dienone is 7. The molecule has 268 valence electrons. The van der Waals surface area contributed by atoms with E-state index >= 15 is 0 Å². The number of aldehydes is 1. The topological polar surface area (TPSA) is 120 Å². The van der Waals surface area contributed by atoms with Crippen molar-refractivity contribution in [3.05, 3.63) is 58.7 Å². The van der Waals surface area contributed by atoms with Gasteiger partial charge in [0.2, 0.25) is 0 Å². The third kappa shape index (κ3) is 11.3. The zero-order valence-electron chi connectivity index (χ0n) is 30.3. The van der Waals surface area contributed by atoms with E-state index in [4.69, 9.17) is 9.47 Å². The third-order valence-electron chi connectivity index (χ3n) is 10.7. The Kier molecular flexibility index (Phi) is 18.6. The number of aliphatic hydroxyl groups excluding tert-OH is 2. The van der Waals surface area contributed by atoms with Gasteiger partial charge < -0.3 is 35.4 Å². The molecule has 0 aromatic rings. The normalized spacial score (nSPS) is 28.7. The largest absolute Gasteiger partial charge is 0.396 e. The van der Waals surface area contributed by atoms with Crippen LogP contribution in [-0.2, 0) is 14.3 Å². The highest BCUT2D eigenvalue weighted by atomic mass is 16.5. The highest BCUT2D eigenvalue weighted by Gasteiger charge is 2.65. The van der Waals surface area contributed by atoms with E-state index < -0.39 is 17.1 Å². The molecule has 0 saturated heterocycles. The fourth-order valence-electron chi connectivity index (χ4n) is 7.88. The maximum Gasteiger partial charge on any atom is 0.145 e. The maximum absolute atomic E-state index is 12.4. The summed E-state index contributed by atoms with van der Waals surface area (Å²) in [6.07, 6.45) is 15.4. The molecule has 2 rings (SSSR count). The molecular formula is C39H66N2O6. The summed E-state index contributed by atoms with van der Waals surface area (Å²) in [6.45, 7) is 15.6. The van der Waals surface area contributed by atoms with Crippen LogP contribution in [0.1, 0.15) is 91.9 Å². The Morgan fingerprint density at radius 3 is 2.68 bits per heavy atom. The Morgan fingerprint density at radius 2 is 2.02 bits per heavy atom. The Labute approximate surface area is 285 Å². The summed E-state index contributed by atoms with van der Waals surface area (Å²) in [5, 5.41) is 41.4. The van der Waals surface area contributed by atoms with Crippen LogP contribution < -0.4 is 10.6 Å². The lowest BCUT2D eigenvalue weighted by molar-refractivity contribution is -0.180. The Balaban J connectivity index is 2.29. The first-order chi connectivity index (χ1) is 22.5. The monoisotopic (exact) mass is 658 g/mol. The van der Waals surface area contributed by atoms with Gasteiger partial charge in [0.1, 0.15) is 6.29 Å². The van der Waals surface area contributed by atoms with E-state index in [1.165, 1.54) is 5.57 Å². The number of ether oxygens (including phenoxy) is 2. The van der Waals surface area contributed by atoms with Crippen molar-refractivity contribution in [2.45, 2.75) is 110 Å². The molecule has 0 aromatic heterocycles. The molecule has 0 amide bonds. The van der Waals surface area contributed by atoms with Crippen molar-refractivity contribution < 1.29 is 29.6 Å². The number of nitrogens with one attached hydrogen (secondary N) is 2. The van der Waals surface area contributed by atoms with Gasteiger partial charge in [-0.05, 0) is 123 Å². The first-order valence-electron chi connectivity index (χ1n) is 17.9. The molecule has 0 unspecified atom stereocenters. The number of hydrogen-bond acceptors (Lipinski definition) is 8. The van der Waals surface area contributed by atoms with Crippen molar-refractivity contribution >= 4 is 6.29 Å². The van der Waals surface area contributed by atoms with E-state index in [-0.39, 0.29) is 18.4 Å². The van der Waals surface area contributed by atoms with Crippen LogP contribution in [0.5, 0.6) is 0 Å². The second kappa shape index (κ2) is 21.2. The van der Waals surface area contributed by atoms with Gasteiger partial charge in [0, 0.05) is 50.8 Å². The fraction of sp³-hybridized carbons (Fsp3) is 0.718. The van der Waals surface area contributed by atoms with Crippen molar-refractivity contribution in [3.63, 3.8) is 0 Å². The Bertz CT molecular complexity index is 1100. The van der Waals surface area contributed by atoms with Crippen LogP contribution >= 0.6 is 0 Å². The van der Waals surface area contributed by atoms with Gasteiger partial charge in [-0.25, -0.2) is 0 Å². The van der Waals surface area contributed by atoms with Gasteiger partial charge in [-0.1, -0.05) is 47.6 Å². The number of methoxy groups -OCH3 is 1. The van der Waals surface area contributed by atoms with Crippen LogP contribution in [0.2, 0.25) is 0 Å². The van der Waals surface area contributed by atoms with Crippen molar-refractivity contribution in [1.29, 1.82) is 0 Å². The Morgan fingerprint density at radius 1 is 1.26 bits per heavy atom. The number of hydrogen-bond donors (Lipinski definition) is 5. The Hall–Kier alpha value is -1.91. The van der Waals surface area contributed by atoms with Gasteiger partial charge in [-0.3, -0.25) is 4.79 Å². The van der Waals surface area contributed by atoms with E-state index in [9.17, 15) is 20.1 Å². The van der Waals surface area contributed by atoms with Gasteiger partial charge in [0.15, 0.2) is 0 Å². The summed E-state index contributed by atoms with van der Waals surface area (Å²) in [7, 11) is 3.61. The van der Waals surface area contributed by atoms with Crippen molar-refractivity contribution in [3.8, 4) is 0 Å². The average Bonchev–Trinajstić information content (AvgIpc) is 3.41. The first-order valence-corrected chi connectivity index (χ1v) is 17.9. The highest BCUT2D eigenvalue weighted by molar-refractivity contribution is 5.74. The minimum atomic E-state index is -1.11. The van der Waals surface area contributed by atoms with Gasteiger partial charge >= 0.3 is 0 Å². The van der Waals surface area contributed by atoms with Crippen LogP contribution in [-0.4, -0.2) is 93.0 Å². The molecule has 0 aliphatic heterocycles. The molecule has 8 heteroatoms. The molecule has 2 aliphatic rings. The van der Waals surface area contributed by atoms with Crippen LogP contribution in [0.25, 0.3) is 0 Å². The zero-order valence-corrected chi connectivity index (χ0v) is 30.3. The molecule has 2 fully saturated rings. The van der Waals surface area contributed by atoms with Gasteiger partial charge in [0.25, 0.3) is 0 Å².